The first-order valence-corrected chi connectivity index (χ1v) is 8.85. The van der Waals surface area contributed by atoms with E-state index >= 15 is 0 Å². The molecule has 1 aromatic carbocycles. The zero-order valence-corrected chi connectivity index (χ0v) is 15.6. The van der Waals surface area contributed by atoms with E-state index in [2.05, 4.69) is 5.10 Å². The Balaban J connectivity index is 1.68. The number of aryl methyl sites for hydroxylation is 1. The smallest absolute Gasteiger partial charge is 0.274 e. The highest BCUT2D eigenvalue weighted by molar-refractivity contribution is 5.95. The summed E-state index contributed by atoms with van der Waals surface area (Å²) in [5.74, 6) is 1.03. The van der Waals surface area contributed by atoms with Crippen LogP contribution in [0.5, 0.6) is 11.5 Å². The van der Waals surface area contributed by atoms with Gasteiger partial charge >= 0.3 is 0 Å². The molecule has 3 heterocycles. The fourth-order valence-electron chi connectivity index (χ4n) is 3.90. The zero-order chi connectivity index (χ0) is 19.1. The van der Waals surface area contributed by atoms with E-state index in [0.29, 0.717) is 30.3 Å². The molecule has 2 aliphatic heterocycles. The number of piperazine rings is 1. The molecule has 8 heteroatoms. The topological polar surface area (TPSA) is 76.9 Å². The van der Waals surface area contributed by atoms with Crippen molar-refractivity contribution in [1.29, 1.82) is 0 Å². The summed E-state index contributed by atoms with van der Waals surface area (Å²) in [5, 5.41) is 4.17. The van der Waals surface area contributed by atoms with Crippen molar-refractivity contribution in [3.8, 4) is 11.5 Å². The number of benzene rings is 1. The Hall–Kier alpha value is -3.03. The first kappa shape index (κ1) is 17.4. The van der Waals surface area contributed by atoms with Gasteiger partial charge in [-0.2, -0.15) is 5.10 Å². The Morgan fingerprint density at radius 3 is 2.63 bits per heavy atom. The maximum absolute atomic E-state index is 12.8. The molecule has 0 N–H and O–H groups in total. The van der Waals surface area contributed by atoms with Gasteiger partial charge in [-0.25, -0.2) is 0 Å². The minimum atomic E-state index is -0.226. The van der Waals surface area contributed by atoms with Crippen molar-refractivity contribution in [1.82, 2.24) is 19.6 Å². The predicted octanol–water partition coefficient (Wildman–Crippen LogP) is 1.02. The third kappa shape index (κ3) is 2.90. The van der Waals surface area contributed by atoms with Crippen LogP contribution in [0.1, 0.15) is 27.7 Å². The van der Waals surface area contributed by atoms with Crippen molar-refractivity contribution >= 4 is 11.8 Å². The molecule has 1 fully saturated rings. The third-order valence-electron chi connectivity index (χ3n) is 5.26. The largest absolute Gasteiger partial charge is 0.493 e. The highest BCUT2D eigenvalue weighted by Crippen LogP contribution is 2.39. The summed E-state index contributed by atoms with van der Waals surface area (Å²) in [6.45, 7) is 1.15. The van der Waals surface area contributed by atoms with E-state index < -0.39 is 0 Å². The molecule has 8 nitrogen and oxygen atoms in total. The Morgan fingerprint density at radius 1 is 1.22 bits per heavy atom. The minimum Gasteiger partial charge on any atom is -0.493 e. The van der Waals surface area contributed by atoms with Crippen molar-refractivity contribution in [3.05, 3.63) is 41.2 Å². The number of aromatic nitrogens is 2. The molecule has 1 aromatic heterocycles. The van der Waals surface area contributed by atoms with Crippen LogP contribution >= 0.6 is 0 Å². The van der Waals surface area contributed by atoms with E-state index in [1.165, 1.54) is 0 Å². The first-order chi connectivity index (χ1) is 13.0. The number of hydrogen-bond donors (Lipinski definition) is 0. The van der Waals surface area contributed by atoms with Crippen LogP contribution < -0.4 is 9.47 Å². The molecule has 1 atom stereocenters. The summed E-state index contributed by atoms with van der Waals surface area (Å²) < 4.78 is 12.4. The van der Waals surface area contributed by atoms with E-state index in [1.807, 2.05) is 17.0 Å². The molecule has 0 aliphatic carbocycles. The Kier molecular flexibility index (Phi) is 4.25. The second-order valence-corrected chi connectivity index (χ2v) is 6.82. The van der Waals surface area contributed by atoms with Gasteiger partial charge < -0.3 is 19.3 Å². The number of fused-ring (bicyclic) bond motifs is 3. The van der Waals surface area contributed by atoms with Gasteiger partial charge in [0, 0.05) is 26.3 Å². The molecule has 0 saturated carbocycles. The van der Waals surface area contributed by atoms with Crippen molar-refractivity contribution in [2.75, 3.05) is 33.9 Å². The molecule has 2 amide bonds. The molecule has 0 unspecified atom stereocenters. The summed E-state index contributed by atoms with van der Waals surface area (Å²) in [7, 11) is 4.96. The molecule has 142 valence electrons. The molecule has 0 spiro atoms. The Labute approximate surface area is 157 Å². The molecule has 2 aromatic rings. The lowest BCUT2D eigenvalue weighted by atomic mass is 9.90. The van der Waals surface area contributed by atoms with Crippen LogP contribution in [0.25, 0.3) is 0 Å². The van der Waals surface area contributed by atoms with Crippen LogP contribution in [-0.2, 0) is 18.3 Å². The van der Waals surface area contributed by atoms with Gasteiger partial charge in [-0.15, -0.1) is 0 Å². The number of ether oxygens (including phenoxy) is 2. The van der Waals surface area contributed by atoms with Crippen molar-refractivity contribution in [2.45, 2.75) is 12.5 Å². The highest BCUT2D eigenvalue weighted by atomic mass is 16.5. The van der Waals surface area contributed by atoms with Gasteiger partial charge in [0.2, 0.25) is 5.91 Å². The number of methoxy groups -OCH3 is 2. The van der Waals surface area contributed by atoms with Crippen molar-refractivity contribution in [3.63, 3.8) is 0 Å². The molecule has 1 saturated heterocycles. The number of nitrogens with zero attached hydrogens (tertiary/aromatic N) is 4. The molecule has 0 radical (unpaired) electrons. The first-order valence-electron chi connectivity index (χ1n) is 8.85. The van der Waals surface area contributed by atoms with Gasteiger partial charge in [-0.3, -0.25) is 14.3 Å². The van der Waals surface area contributed by atoms with E-state index in [-0.39, 0.29) is 24.4 Å². The van der Waals surface area contributed by atoms with Crippen molar-refractivity contribution in [2.24, 2.45) is 7.05 Å². The minimum absolute atomic E-state index is 0.0454. The average Bonchev–Trinajstić information content (AvgIpc) is 3.12. The average molecular weight is 370 g/mol. The van der Waals surface area contributed by atoms with Gasteiger partial charge in [0.05, 0.1) is 20.3 Å². The summed E-state index contributed by atoms with van der Waals surface area (Å²) in [5.41, 5.74) is 2.47. The van der Waals surface area contributed by atoms with Crippen molar-refractivity contribution < 1.29 is 19.1 Å². The summed E-state index contributed by atoms with van der Waals surface area (Å²) in [6.07, 6.45) is 2.48. The molecule has 0 bridgehead atoms. The molecule has 2 aliphatic rings. The standard InChI is InChI=1S/C19H22N4O4/c1-21-6-5-14(20-21)19(25)22-10-15-13-9-17(27-3)16(26-2)8-12(13)4-7-23(15)18(24)11-22/h5-6,8-9,15H,4,7,10-11H2,1-3H3/t15-/m1/s1. The summed E-state index contributed by atoms with van der Waals surface area (Å²) in [6, 6.07) is 5.37. The number of carbonyl (C=O) groups excluding carboxylic acids is 2. The number of carbonyl (C=O) groups is 2. The maximum atomic E-state index is 12.8. The second kappa shape index (κ2) is 6.61. The monoisotopic (exact) mass is 370 g/mol. The highest BCUT2D eigenvalue weighted by Gasteiger charge is 2.39. The van der Waals surface area contributed by atoms with Gasteiger partial charge in [-0.05, 0) is 35.7 Å². The second-order valence-electron chi connectivity index (χ2n) is 6.82. The van der Waals surface area contributed by atoms with E-state index in [0.717, 1.165) is 17.5 Å². The predicted molar refractivity (Wildman–Crippen MR) is 96.8 cm³/mol. The van der Waals surface area contributed by atoms with Crippen LogP contribution in [0.4, 0.5) is 0 Å². The van der Waals surface area contributed by atoms with Gasteiger partial charge in [0.1, 0.15) is 12.2 Å². The van der Waals surface area contributed by atoms with Crippen LogP contribution in [0.3, 0.4) is 0 Å². The normalized spacial score (nSPS) is 18.8. The van der Waals surface area contributed by atoms with Crippen LogP contribution in [-0.4, -0.2) is 65.2 Å². The SMILES string of the molecule is COc1cc2c(cc1OC)[C@H]1CN(C(=O)c3ccn(C)n3)CC(=O)N1CC2. The third-order valence-corrected chi connectivity index (χ3v) is 5.26. The Morgan fingerprint density at radius 2 is 1.96 bits per heavy atom. The van der Waals surface area contributed by atoms with Gasteiger partial charge in [-0.1, -0.05) is 0 Å². The van der Waals surface area contributed by atoms with E-state index in [9.17, 15) is 9.59 Å². The molecule has 4 rings (SSSR count). The number of rotatable bonds is 3. The van der Waals surface area contributed by atoms with Crippen LogP contribution in [0, 0.1) is 0 Å². The number of hydrogen-bond acceptors (Lipinski definition) is 5. The molecular weight excluding hydrogens is 348 g/mol. The maximum Gasteiger partial charge on any atom is 0.274 e. The van der Waals surface area contributed by atoms with Gasteiger partial charge in [0.25, 0.3) is 5.91 Å². The summed E-state index contributed by atoms with van der Waals surface area (Å²) in [4.78, 5) is 29.0. The van der Waals surface area contributed by atoms with Crippen LogP contribution in [0.2, 0.25) is 0 Å². The zero-order valence-electron chi connectivity index (χ0n) is 15.6. The Bertz CT molecular complexity index is 907. The lowest BCUT2D eigenvalue weighted by Crippen LogP contribution is -2.55. The van der Waals surface area contributed by atoms with Gasteiger partial charge in [0.15, 0.2) is 11.5 Å². The van der Waals surface area contributed by atoms with E-state index in [4.69, 9.17) is 9.47 Å². The summed E-state index contributed by atoms with van der Waals surface area (Å²) >= 11 is 0. The lowest BCUT2D eigenvalue weighted by molar-refractivity contribution is -0.139. The fourth-order valence-corrected chi connectivity index (χ4v) is 3.90. The quantitative estimate of drug-likeness (QED) is 0.806. The fraction of sp³-hybridized carbons (Fsp3) is 0.421. The lowest BCUT2D eigenvalue weighted by Gasteiger charge is -2.44. The molecular formula is C19H22N4O4. The van der Waals surface area contributed by atoms with E-state index in [1.54, 1.807) is 43.1 Å². The van der Waals surface area contributed by atoms with Crippen LogP contribution in [0.15, 0.2) is 24.4 Å². The molecule has 27 heavy (non-hydrogen) atoms. The number of amides is 2.